The second-order valence-corrected chi connectivity index (χ2v) is 7.66. The van der Waals surface area contributed by atoms with Gasteiger partial charge < -0.3 is 26.0 Å². The lowest BCUT2D eigenvalue weighted by Gasteiger charge is -2.20. The standard InChI is InChI=1S/C22H28N6O2/c1-27(2)12-13-28-18-8-7-16(22(30)24-10-9-23-11-14-29)20-19(18)21(26-28)15-5-3-4-6-17(15)25-20/h3-8,23,25,29H,9-14H2,1-2H3,(H,24,30). The van der Waals surface area contributed by atoms with E-state index in [4.69, 9.17) is 10.2 Å². The van der Waals surface area contributed by atoms with Crippen molar-refractivity contribution in [1.82, 2.24) is 25.3 Å². The number of para-hydroxylation sites is 1. The summed E-state index contributed by atoms with van der Waals surface area (Å²) in [6.07, 6.45) is 0. The zero-order valence-electron chi connectivity index (χ0n) is 17.4. The molecule has 0 bridgehead atoms. The Morgan fingerprint density at radius 2 is 2.00 bits per heavy atom. The fourth-order valence-electron chi connectivity index (χ4n) is 3.74. The number of hydrogen-bond acceptors (Lipinski definition) is 6. The van der Waals surface area contributed by atoms with Crippen LogP contribution >= 0.6 is 0 Å². The Balaban J connectivity index is 1.71. The summed E-state index contributed by atoms with van der Waals surface area (Å²) in [6, 6.07) is 11.9. The van der Waals surface area contributed by atoms with E-state index in [1.165, 1.54) is 0 Å². The minimum absolute atomic E-state index is 0.0820. The smallest absolute Gasteiger partial charge is 0.253 e. The van der Waals surface area contributed by atoms with Gasteiger partial charge in [0.1, 0.15) is 5.69 Å². The summed E-state index contributed by atoms with van der Waals surface area (Å²) in [6.45, 7) is 3.34. The molecule has 1 aromatic heterocycles. The van der Waals surface area contributed by atoms with Crippen molar-refractivity contribution in [1.29, 1.82) is 0 Å². The van der Waals surface area contributed by atoms with Gasteiger partial charge >= 0.3 is 0 Å². The van der Waals surface area contributed by atoms with E-state index in [0.717, 1.165) is 46.6 Å². The SMILES string of the molecule is CN(C)CCn1nc2c3c(c(C(=O)NCCNCCO)ccc31)Nc1ccccc1-2. The van der Waals surface area contributed by atoms with E-state index in [1.54, 1.807) is 0 Å². The lowest BCUT2D eigenvalue weighted by atomic mass is 9.97. The van der Waals surface area contributed by atoms with E-state index in [-0.39, 0.29) is 12.5 Å². The zero-order valence-corrected chi connectivity index (χ0v) is 17.4. The maximum absolute atomic E-state index is 12.9. The molecule has 1 amide bonds. The Morgan fingerprint density at radius 3 is 2.80 bits per heavy atom. The summed E-state index contributed by atoms with van der Waals surface area (Å²) in [4.78, 5) is 15.0. The molecule has 8 heteroatoms. The highest BCUT2D eigenvalue weighted by Crippen LogP contribution is 2.44. The molecule has 1 aliphatic rings. The third kappa shape index (κ3) is 3.89. The van der Waals surface area contributed by atoms with Gasteiger partial charge in [-0.3, -0.25) is 9.48 Å². The average molecular weight is 409 g/mol. The molecule has 158 valence electrons. The summed E-state index contributed by atoms with van der Waals surface area (Å²) < 4.78 is 2.03. The monoisotopic (exact) mass is 408 g/mol. The number of aromatic nitrogens is 2. The number of benzene rings is 2. The first-order valence-corrected chi connectivity index (χ1v) is 10.2. The lowest BCUT2D eigenvalue weighted by molar-refractivity contribution is 0.0955. The first kappa shape index (κ1) is 20.3. The molecule has 4 N–H and O–H groups in total. The Hall–Kier alpha value is -2.94. The van der Waals surface area contributed by atoms with Crippen LogP contribution in [0.15, 0.2) is 36.4 Å². The molecule has 0 saturated heterocycles. The summed E-state index contributed by atoms with van der Waals surface area (Å²) in [5, 5.41) is 24.2. The summed E-state index contributed by atoms with van der Waals surface area (Å²) in [7, 11) is 4.09. The number of carbonyl (C=O) groups excluding carboxylic acids is 1. The Kier molecular flexibility index (Phi) is 5.98. The number of hydrogen-bond donors (Lipinski definition) is 4. The van der Waals surface area contributed by atoms with Crippen molar-refractivity contribution in [2.24, 2.45) is 0 Å². The number of anilines is 2. The molecule has 0 aliphatic carbocycles. The molecule has 3 aromatic rings. The number of fused-ring (bicyclic) bond motifs is 2. The Morgan fingerprint density at radius 1 is 1.17 bits per heavy atom. The molecule has 1 aliphatic heterocycles. The molecular weight excluding hydrogens is 380 g/mol. The molecule has 0 fully saturated rings. The number of rotatable bonds is 9. The predicted molar refractivity (Wildman–Crippen MR) is 119 cm³/mol. The molecule has 0 spiro atoms. The van der Waals surface area contributed by atoms with Crippen LogP contribution in [0.3, 0.4) is 0 Å². The van der Waals surface area contributed by atoms with Gasteiger partial charge in [-0.15, -0.1) is 0 Å². The van der Waals surface area contributed by atoms with E-state index in [0.29, 0.717) is 25.2 Å². The molecule has 30 heavy (non-hydrogen) atoms. The Bertz CT molecular complexity index is 1060. The second kappa shape index (κ2) is 8.83. The largest absolute Gasteiger partial charge is 0.395 e. The number of nitrogens with one attached hydrogen (secondary N) is 3. The van der Waals surface area contributed by atoms with Gasteiger partial charge in [-0.2, -0.15) is 5.10 Å². The van der Waals surface area contributed by atoms with Crippen LogP contribution < -0.4 is 16.0 Å². The Labute approximate surface area is 175 Å². The molecule has 4 rings (SSSR count). The minimum Gasteiger partial charge on any atom is -0.395 e. The van der Waals surface area contributed by atoms with Gasteiger partial charge in [0.15, 0.2) is 0 Å². The van der Waals surface area contributed by atoms with E-state index in [1.807, 2.05) is 49.1 Å². The zero-order chi connectivity index (χ0) is 21.1. The van der Waals surface area contributed by atoms with Crippen molar-refractivity contribution in [2.45, 2.75) is 6.54 Å². The number of carbonyl (C=O) groups is 1. The fourth-order valence-corrected chi connectivity index (χ4v) is 3.74. The molecule has 2 aromatic carbocycles. The van der Waals surface area contributed by atoms with E-state index >= 15 is 0 Å². The van der Waals surface area contributed by atoms with Crippen LogP contribution in [0, 0.1) is 0 Å². The first-order chi connectivity index (χ1) is 14.6. The van der Waals surface area contributed by atoms with Gasteiger partial charge in [-0.25, -0.2) is 0 Å². The van der Waals surface area contributed by atoms with Crippen molar-refractivity contribution < 1.29 is 9.90 Å². The number of likely N-dealkylation sites (N-methyl/N-ethyl adjacent to an activating group) is 1. The number of aliphatic hydroxyl groups excluding tert-OH is 1. The topological polar surface area (TPSA) is 94.5 Å². The summed E-state index contributed by atoms with van der Waals surface area (Å²) in [5.74, 6) is -0.128. The minimum atomic E-state index is -0.128. The molecule has 0 atom stereocenters. The molecule has 2 heterocycles. The van der Waals surface area contributed by atoms with Crippen LogP contribution in [0.5, 0.6) is 0 Å². The number of amides is 1. The molecule has 0 unspecified atom stereocenters. The van der Waals surface area contributed by atoms with Crippen molar-refractivity contribution in [3.63, 3.8) is 0 Å². The van der Waals surface area contributed by atoms with Crippen molar-refractivity contribution in [3.8, 4) is 11.3 Å². The first-order valence-electron chi connectivity index (χ1n) is 10.2. The van der Waals surface area contributed by atoms with E-state index in [9.17, 15) is 4.79 Å². The van der Waals surface area contributed by atoms with Crippen LogP contribution in [-0.2, 0) is 6.54 Å². The second-order valence-electron chi connectivity index (χ2n) is 7.66. The van der Waals surface area contributed by atoms with Crippen LogP contribution in [0.4, 0.5) is 11.4 Å². The third-order valence-electron chi connectivity index (χ3n) is 5.24. The van der Waals surface area contributed by atoms with Gasteiger partial charge in [0, 0.05) is 37.4 Å². The van der Waals surface area contributed by atoms with Gasteiger partial charge in [0.2, 0.25) is 0 Å². The maximum atomic E-state index is 12.9. The lowest BCUT2D eigenvalue weighted by Crippen LogP contribution is -2.33. The number of nitrogens with zero attached hydrogens (tertiary/aromatic N) is 3. The van der Waals surface area contributed by atoms with Crippen LogP contribution in [0.2, 0.25) is 0 Å². The third-order valence-corrected chi connectivity index (χ3v) is 5.24. The highest BCUT2D eigenvalue weighted by molar-refractivity contribution is 6.16. The van der Waals surface area contributed by atoms with Gasteiger partial charge in [-0.05, 0) is 32.3 Å². The van der Waals surface area contributed by atoms with Crippen molar-refractivity contribution in [2.75, 3.05) is 52.2 Å². The van der Waals surface area contributed by atoms with E-state index < -0.39 is 0 Å². The summed E-state index contributed by atoms with van der Waals surface area (Å²) >= 11 is 0. The number of aliphatic hydroxyl groups is 1. The van der Waals surface area contributed by atoms with Crippen molar-refractivity contribution >= 4 is 28.2 Å². The molecular formula is C22H28N6O2. The van der Waals surface area contributed by atoms with Crippen LogP contribution in [0.1, 0.15) is 10.4 Å². The normalized spacial score (nSPS) is 12.1. The predicted octanol–water partition coefficient (Wildman–Crippen LogP) is 1.63. The fraction of sp³-hybridized carbons (Fsp3) is 0.364. The maximum Gasteiger partial charge on any atom is 0.253 e. The van der Waals surface area contributed by atoms with Gasteiger partial charge in [-0.1, -0.05) is 18.2 Å². The molecule has 0 saturated carbocycles. The van der Waals surface area contributed by atoms with Crippen LogP contribution in [-0.4, -0.2) is 72.6 Å². The van der Waals surface area contributed by atoms with Gasteiger partial charge in [0.25, 0.3) is 5.91 Å². The molecule has 0 radical (unpaired) electrons. The average Bonchev–Trinajstić information content (AvgIpc) is 3.12. The van der Waals surface area contributed by atoms with Crippen LogP contribution in [0.25, 0.3) is 22.2 Å². The molecule has 8 nitrogen and oxygen atoms in total. The summed E-state index contributed by atoms with van der Waals surface area (Å²) in [5.41, 5.74) is 5.33. The quantitative estimate of drug-likeness (QED) is 0.315. The van der Waals surface area contributed by atoms with E-state index in [2.05, 4.69) is 26.9 Å². The van der Waals surface area contributed by atoms with Crippen molar-refractivity contribution in [3.05, 3.63) is 42.0 Å². The van der Waals surface area contributed by atoms with Gasteiger partial charge in [0.05, 0.1) is 35.3 Å². The highest BCUT2D eigenvalue weighted by Gasteiger charge is 2.26. The highest BCUT2D eigenvalue weighted by atomic mass is 16.3.